The van der Waals surface area contributed by atoms with E-state index in [9.17, 15) is 4.79 Å². The predicted molar refractivity (Wildman–Crippen MR) is 40.1 cm³/mol. The van der Waals surface area contributed by atoms with Crippen molar-refractivity contribution in [3.05, 3.63) is 0 Å². The van der Waals surface area contributed by atoms with Gasteiger partial charge in [-0.15, -0.1) is 11.6 Å². The quantitative estimate of drug-likeness (QED) is 0.493. The lowest BCUT2D eigenvalue weighted by atomic mass is 9.62. The van der Waals surface area contributed by atoms with E-state index in [4.69, 9.17) is 11.6 Å². The molecule has 0 aromatic rings. The van der Waals surface area contributed by atoms with Gasteiger partial charge in [0.15, 0.2) is 5.78 Å². The van der Waals surface area contributed by atoms with Crippen molar-refractivity contribution in [2.45, 2.75) is 31.6 Å². The zero-order valence-electron chi connectivity index (χ0n) is 6.06. The third kappa shape index (κ3) is 0.531. The molecule has 0 aromatic carbocycles. The molecule has 2 aliphatic carbocycles. The number of halogens is 1. The summed E-state index contributed by atoms with van der Waals surface area (Å²) in [5, 5.41) is -0.167. The summed E-state index contributed by atoms with van der Waals surface area (Å²) in [5.41, 5.74) is 0.179. The highest BCUT2D eigenvalue weighted by Crippen LogP contribution is 2.57. The summed E-state index contributed by atoms with van der Waals surface area (Å²) in [7, 11) is 0. The molecule has 0 spiro atoms. The van der Waals surface area contributed by atoms with Gasteiger partial charge < -0.3 is 0 Å². The van der Waals surface area contributed by atoms with Crippen LogP contribution in [0.3, 0.4) is 0 Å². The fraction of sp³-hybridized carbons (Fsp3) is 0.875. The van der Waals surface area contributed by atoms with E-state index in [2.05, 4.69) is 6.92 Å². The zero-order chi connectivity index (χ0) is 7.35. The molecule has 0 aliphatic heterocycles. The van der Waals surface area contributed by atoms with Crippen LogP contribution in [0.1, 0.15) is 26.2 Å². The lowest BCUT2D eigenvalue weighted by Crippen LogP contribution is -2.54. The Morgan fingerprint density at radius 1 is 1.70 bits per heavy atom. The van der Waals surface area contributed by atoms with Gasteiger partial charge in [-0.1, -0.05) is 13.3 Å². The Labute approximate surface area is 65.7 Å². The van der Waals surface area contributed by atoms with Gasteiger partial charge in [-0.3, -0.25) is 4.79 Å². The summed E-state index contributed by atoms with van der Waals surface area (Å²) < 4.78 is 0. The number of carbonyl (C=O) groups excluding carboxylic acids is 1. The number of fused-ring (bicyclic) bond motifs is 1. The molecule has 0 aromatic heterocycles. The molecule has 56 valence electrons. The molecule has 3 unspecified atom stereocenters. The van der Waals surface area contributed by atoms with Gasteiger partial charge >= 0.3 is 0 Å². The van der Waals surface area contributed by atoms with Gasteiger partial charge in [0.1, 0.15) is 0 Å². The summed E-state index contributed by atoms with van der Waals surface area (Å²) in [4.78, 5) is 11.1. The van der Waals surface area contributed by atoms with Crippen LogP contribution in [0.5, 0.6) is 0 Å². The second kappa shape index (κ2) is 1.76. The average molecular weight is 159 g/mol. The molecular formula is C8H11ClO. The third-order valence-corrected chi connectivity index (χ3v) is 3.89. The van der Waals surface area contributed by atoms with E-state index in [0.717, 1.165) is 12.8 Å². The zero-order valence-corrected chi connectivity index (χ0v) is 6.82. The monoisotopic (exact) mass is 158 g/mol. The van der Waals surface area contributed by atoms with E-state index in [-0.39, 0.29) is 10.8 Å². The lowest BCUT2D eigenvalue weighted by molar-refractivity contribution is -0.137. The standard InChI is InChI=1S/C8H11ClO/c1-8-4-2-3-5(8)6(10)7(8)9/h5,7H,2-4H2,1H3. The molecule has 3 atom stereocenters. The van der Waals surface area contributed by atoms with Gasteiger partial charge in [-0.25, -0.2) is 0 Å². The minimum Gasteiger partial charge on any atom is -0.298 e. The van der Waals surface area contributed by atoms with Gasteiger partial charge in [-0.2, -0.15) is 0 Å². The summed E-state index contributed by atoms with van der Waals surface area (Å²) in [6.07, 6.45) is 3.42. The number of hydrogen-bond acceptors (Lipinski definition) is 1. The Morgan fingerprint density at radius 3 is 3.00 bits per heavy atom. The average Bonchev–Trinajstić information content (AvgIpc) is 2.28. The molecule has 0 saturated heterocycles. The van der Waals surface area contributed by atoms with Crippen LogP contribution in [0.15, 0.2) is 0 Å². The summed E-state index contributed by atoms with van der Waals surface area (Å²) in [5.74, 6) is 0.608. The number of rotatable bonds is 0. The molecule has 2 heteroatoms. The molecule has 2 fully saturated rings. The first kappa shape index (κ1) is 6.66. The molecule has 0 N–H and O–H groups in total. The Morgan fingerprint density at radius 2 is 2.40 bits per heavy atom. The fourth-order valence-corrected chi connectivity index (χ4v) is 2.78. The van der Waals surface area contributed by atoms with Crippen LogP contribution in [0.2, 0.25) is 0 Å². The van der Waals surface area contributed by atoms with Crippen LogP contribution >= 0.6 is 11.6 Å². The van der Waals surface area contributed by atoms with Crippen LogP contribution in [0.25, 0.3) is 0 Å². The molecule has 2 saturated carbocycles. The smallest absolute Gasteiger partial charge is 0.154 e. The molecule has 1 nitrogen and oxygen atoms in total. The van der Waals surface area contributed by atoms with E-state index in [1.807, 2.05) is 0 Å². The van der Waals surface area contributed by atoms with Gasteiger partial charge in [0, 0.05) is 11.3 Å². The maximum atomic E-state index is 11.1. The normalized spacial score (nSPS) is 52.4. The molecule has 0 amide bonds. The topological polar surface area (TPSA) is 17.1 Å². The van der Waals surface area contributed by atoms with Gasteiger partial charge in [0.05, 0.1) is 5.38 Å². The van der Waals surface area contributed by atoms with Crippen LogP contribution in [0, 0.1) is 11.3 Å². The Balaban J connectivity index is 2.26. The maximum Gasteiger partial charge on any atom is 0.154 e. The van der Waals surface area contributed by atoms with E-state index >= 15 is 0 Å². The largest absolute Gasteiger partial charge is 0.298 e. The minimum absolute atomic E-state index is 0.167. The van der Waals surface area contributed by atoms with Crippen molar-refractivity contribution < 1.29 is 4.79 Å². The highest BCUT2D eigenvalue weighted by Gasteiger charge is 2.59. The highest BCUT2D eigenvalue weighted by molar-refractivity contribution is 6.35. The first-order valence-corrected chi connectivity index (χ1v) is 4.28. The first-order chi connectivity index (χ1) is 4.66. The minimum atomic E-state index is -0.167. The van der Waals surface area contributed by atoms with Crippen LogP contribution in [-0.4, -0.2) is 11.2 Å². The summed E-state index contributed by atoms with van der Waals surface area (Å²) in [6.45, 7) is 2.14. The molecule has 10 heavy (non-hydrogen) atoms. The molecule has 0 heterocycles. The second-order valence-electron chi connectivity index (χ2n) is 3.72. The van der Waals surface area contributed by atoms with E-state index in [0.29, 0.717) is 11.7 Å². The SMILES string of the molecule is CC12CCCC1C(=O)C2Cl. The van der Waals surface area contributed by atoms with Crippen molar-refractivity contribution in [2.24, 2.45) is 11.3 Å². The molecular weight excluding hydrogens is 148 g/mol. The van der Waals surface area contributed by atoms with E-state index in [1.165, 1.54) is 6.42 Å². The number of alkyl halides is 1. The predicted octanol–water partition coefficient (Wildman–Crippen LogP) is 1.98. The number of Topliss-reactive ketones (excluding diaryl/α,β-unsaturated/α-hetero) is 1. The van der Waals surface area contributed by atoms with Crippen LogP contribution < -0.4 is 0 Å². The van der Waals surface area contributed by atoms with Crippen LogP contribution in [0.4, 0.5) is 0 Å². The molecule has 2 rings (SSSR count). The molecule has 0 bridgehead atoms. The van der Waals surface area contributed by atoms with Crippen LogP contribution in [-0.2, 0) is 4.79 Å². The third-order valence-electron chi connectivity index (χ3n) is 3.18. The number of carbonyl (C=O) groups is 1. The second-order valence-corrected chi connectivity index (χ2v) is 4.15. The number of ketones is 1. The van der Waals surface area contributed by atoms with Crippen molar-refractivity contribution in [3.8, 4) is 0 Å². The first-order valence-electron chi connectivity index (χ1n) is 3.84. The van der Waals surface area contributed by atoms with E-state index in [1.54, 1.807) is 0 Å². The summed E-state index contributed by atoms with van der Waals surface area (Å²) >= 11 is 5.89. The van der Waals surface area contributed by atoms with Crippen molar-refractivity contribution in [2.75, 3.05) is 0 Å². The Bertz CT molecular complexity index is 190. The van der Waals surface area contributed by atoms with Crippen molar-refractivity contribution in [1.82, 2.24) is 0 Å². The molecule has 2 aliphatic rings. The van der Waals surface area contributed by atoms with Crippen molar-refractivity contribution in [3.63, 3.8) is 0 Å². The van der Waals surface area contributed by atoms with Gasteiger partial charge in [-0.05, 0) is 12.8 Å². The van der Waals surface area contributed by atoms with Crippen molar-refractivity contribution in [1.29, 1.82) is 0 Å². The van der Waals surface area contributed by atoms with E-state index < -0.39 is 0 Å². The molecule has 0 radical (unpaired) electrons. The van der Waals surface area contributed by atoms with Crippen molar-refractivity contribution >= 4 is 17.4 Å². The number of hydrogen-bond donors (Lipinski definition) is 0. The van der Waals surface area contributed by atoms with Gasteiger partial charge in [0.25, 0.3) is 0 Å². The maximum absolute atomic E-state index is 11.1. The fourth-order valence-electron chi connectivity index (χ4n) is 2.37. The summed E-state index contributed by atoms with van der Waals surface area (Å²) in [6, 6.07) is 0. The Kier molecular flexibility index (Phi) is 1.17. The lowest BCUT2D eigenvalue weighted by Gasteiger charge is -2.45. The highest BCUT2D eigenvalue weighted by atomic mass is 35.5. The van der Waals surface area contributed by atoms with Gasteiger partial charge in [0.2, 0.25) is 0 Å². The Hall–Kier alpha value is -0.0400.